The van der Waals surface area contributed by atoms with Crippen LogP contribution in [0.2, 0.25) is 0 Å². The average molecular weight is 336 g/mol. The summed E-state index contributed by atoms with van der Waals surface area (Å²) < 4.78 is 30.2. The van der Waals surface area contributed by atoms with Crippen LogP contribution >= 0.6 is 0 Å². The third-order valence-electron chi connectivity index (χ3n) is 3.73. The van der Waals surface area contributed by atoms with Crippen LogP contribution in [-0.2, 0) is 9.84 Å². The smallest absolute Gasteiger partial charge is 0.179 e. The molecule has 0 unspecified atom stereocenters. The van der Waals surface area contributed by atoms with Gasteiger partial charge in [0.15, 0.2) is 9.84 Å². The minimum atomic E-state index is -3.28. The molecule has 5 nitrogen and oxygen atoms in total. The van der Waals surface area contributed by atoms with Gasteiger partial charge in [-0.3, -0.25) is 4.90 Å². The molecule has 1 N–H and O–H groups in total. The zero-order chi connectivity index (χ0) is 16.9. The van der Waals surface area contributed by atoms with Crippen LogP contribution in [0.25, 0.3) is 0 Å². The molecule has 0 aliphatic carbocycles. The molecule has 6 heteroatoms. The number of likely N-dealkylation sites (N-methyl/N-ethyl adjacent to an activating group) is 1. The van der Waals surface area contributed by atoms with Crippen LogP contribution in [0, 0.1) is 0 Å². The lowest BCUT2D eigenvalue weighted by Gasteiger charge is -2.24. The molecule has 23 heavy (non-hydrogen) atoms. The molecule has 1 aromatic heterocycles. The Kier molecular flexibility index (Phi) is 5.98. The summed E-state index contributed by atoms with van der Waals surface area (Å²) in [5.74, 6) is 0.926. The first-order valence-electron chi connectivity index (χ1n) is 7.61. The first-order chi connectivity index (χ1) is 10.9. The Bertz CT molecular complexity index is 682. The van der Waals surface area contributed by atoms with Crippen LogP contribution in [0.1, 0.15) is 18.7 Å². The average Bonchev–Trinajstić information content (AvgIpc) is 3.01. The molecule has 0 aliphatic heterocycles. The zero-order valence-corrected chi connectivity index (χ0v) is 14.6. The van der Waals surface area contributed by atoms with Crippen molar-refractivity contribution in [3.63, 3.8) is 0 Å². The molecule has 126 valence electrons. The fourth-order valence-corrected chi connectivity index (χ4v) is 3.98. The summed E-state index contributed by atoms with van der Waals surface area (Å²) >= 11 is 0. The Balaban J connectivity index is 1.95. The van der Waals surface area contributed by atoms with Crippen LogP contribution in [0.3, 0.4) is 0 Å². The molecule has 1 heterocycles. The van der Waals surface area contributed by atoms with Crippen molar-refractivity contribution in [3.8, 4) is 0 Å². The molecule has 1 aromatic carbocycles. The van der Waals surface area contributed by atoms with E-state index in [4.69, 9.17) is 4.42 Å². The summed E-state index contributed by atoms with van der Waals surface area (Å²) in [6.45, 7) is 2.50. The molecule has 0 bridgehead atoms. The quantitative estimate of drug-likeness (QED) is 0.802. The van der Waals surface area contributed by atoms with E-state index in [1.165, 1.54) is 0 Å². The van der Waals surface area contributed by atoms with Crippen molar-refractivity contribution in [2.75, 3.05) is 26.4 Å². The van der Waals surface area contributed by atoms with Crippen molar-refractivity contribution in [3.05, 3.63) is 54.5 Å². The lowest BCUT2D eigenvalue weighted by molar-refractivity contribution is 0.246. The second-order valence-corrected chi connectivity index (χ2v) is 7.93. The molecule has 0 saturated carbocycles. The normalized spacial score (nSPS) is 14.8. The summed E-state index contributed by atoms with van der Waals surface area (Å²) in [5.41, 5.74) is 0. The number of benzene rings is 1. The minimum absolute atomic E-state index is 0.0619. The lowest BCUT2D eigenvalue weighted by Crippen LogP contribution is -2.39. The molecule has 0 fully saturated rings. The largest absolute Gasteiger partial charge is 0.468 e. The first-order valence-corrected chi connectivity index (χ1v) is 9.26. The van der Waals surface area contributed by atoms with E-state index in [0.717, 1.165) is 5.76 Å². The van der Waals surface area contributed by atoms with Crippen molar-refractivity contribution in [1.82, 2.24) is 10.2 Å². The van der Waals surface area contributed by atoms with E-state index in [1.54, 1.807) is 30.5 Å². The van der Waals surface area contributed by atoms with Gasteiger partial charge in [0.1, 0.15) is 5.76 Å². The monoisotopic (exact) mass is 336 g/mol. The maximum atomic E-state index is 12.4. The molecular weight excluding hydrogens is 312 g/mol. The van der Waals surface area contributed by atoms with Gasteiger partial charge >= 0.3 is 0 Å². The Labute approximate surface area is 138 Å². The van der Waals surface area contributed by atoms with Gasteiger partial charge in [-0.1, -0.05) is 18.2 Å². The Hall–Kier alpha value is -1.63. The number of sulfone groups is 1. The zero-order valence-electron chi connectivity index (χ0n) is 13.8. The van der Waals surface area contributed by atoms with Gasteiger partial charge in [0, 0.05) is 12.6 Å². The number of nitrogens with one attached hydrogen (secondary N) is 1. The van der Waals surface area contributed by atoms with E-state index >= 15 is 0 Å². The maximum absolute atomic E-state index is 12.4. The molecule has 2 rings (SSSR count). The Morgan fingerprint density at radius 1 is 1.13 bits per heavy atom. The number of furan rings is 1. The standard InChI is InChI=1S/C17H24N2O3S/c1-14(13-23(20,21)15-8-5-4-6-9-15)18-12-16(19(2)3)17-10-7-11-22-17/h4-11,14,16,18H,12-13H2,1-3H3/t14-,16+/m0/s1. The summed E-state index contributed by atoms with van der Waals surface area (Å²) in [5, 5.41) is 3.30. The van der Waals surface area contributed by atoms with E-state index in [0.29, 0.717) is 11.4 Å². The van der Waals surface area contributed by atoms with Gasteiger partial charge in [0.2, 0.25) is 0 Å². The summed E-state index contributed by atoms with van der Waals surface area (Å²) in [6, 6.07) is 12.2. The predicted octanol–water partition coefficient (Wildman–Crippen LogP) is 2.33. The van der Waals surface area contributed by atoms with Gasteiger partial charge < -0.3 is 9.73 Å². The third-order valence-corrected chi connectivity index (χ3v) is 5.66. The first kappa shape index (κ1) is 17.7. The molecule has 0 amide bonds. The van der Waals surface area contributed by atoms with Crippen molar-refractivity contribution in [1.29, 1.82) is 0 Å². The van der Waals surface area contributed by atoms with Gasteiger partial charge in [-0.2, -0.15) is 0 Å². The maximum Gasteiger partial charge on any atom is 0.179 e. The molecule has 0 spiro atoms. The van der Waals surface area contributed by atoms with Crippen LogP contribution in [0.15, 0.2) is 58.0 Å². The van der Waals surface area contributed by atoms with E-state index in [2.05, 4.69) is 5.32 Å². The van der Waals surface area contributed by atoms with E-state index < -0.39 is 9.84 Å². The topological polar surface area (TPSA) is 62.6 Å². The molecule has 2 aromatic rings. The fraction of sp³-hybridized carbons (Fsp3) is 0.412. The van der Waals surface area contributed by atoms with E-state index in [-0.39, 0.29) is 17.8 Å². The molecular formula is C17H24N2O3S. The van der Waals surface area contributed by atoms with Gasteiger partial charge in [-0.15, -0.1) is 0 Å². The summed E-state index contributed by atoms with van der Waals surface area (Å²) in [7, 11) is 0.664. The second kappa shape index (κ2) is 7.77. The van der Waals surface area contributed by atoms with Crippen molar-refractivity contribution >= 4 is 9.84 Å². The Morgan fingerprint density at radius 2 is 1.83 bits per heavy atom. The highest BCUT2D eigenvalue weighted by atomic mass is 32.2. The van der Waals surface area contributed by atoms with E-state index in [1.807, 2.05) is 44.1 Å². The fourth-order valence-electron chi connectivity index (χ4n) is 2.44. The minimum Gasteiger partial charge on any atom is -0.468 e. The van der Waals surface area contributed by atoms with Gasteiger partial charge in [-0.05, 0) is 45.3 Å². The van der Waals surface area contributed by atoms with Gasteiger partial charge in [-0.25, -0.2) is 8.42 Å². The van der Waals surface area contributed by atoms with Crippen molar-refractivity contribution < 1.29 is 12.8 Å². The predicted molar refractivity (Wildman–Crippen MR) is 91.1 cm³/mol. The van der Waals surface area contributed by atoms with Crippen molar-refractivity contribution in [2.24, 2.45) is 0 Å². The molecule has 0 aliphatic rings. The Morgan fingerprint density at radius 3 is 2.39 bits per heavy atom. The summed E-state index contributed by atoms with van der Waals surface area (Å²) in [6.07, 6.45) is 1.65. The number of rotatable bonds is 8. The van der Waals surface area contributed by atoms with Crippen LogP contribution in [-0.4, -0.2) is 45.8 Å². The molecule has 0 saturated heterocycles. The highest BCUT2D eigenvalue weighted by Gasteiger charge is 2.21. The number of nitrogens with zero attached hydrogens (tertiary/aromatic N) is 1. The van der Waals surface area contributed by atoms with Crippen LogP contribution in [0.5, 0.6) is 0 Å². The van der Waals surface area contributed by atoms with Crippen molar-refractivity contribution in [2.45, 2.75) is 23.9 Å². The second-order valence-electron chi connectivity index (χ2n) is 5.90. The van der Waals surface area contributed by atoms with Gasteiger partial charge in [0.25, 0.3) is 0 Å². The molecule has 2 atom stereocenters. The van der Waals surface area contributed by atoms with Gasteiger partial charge in [0.05, 0.1) is 23.0 Å². The van der Waals surface area contributed by atoms with Crippen LogP contribution < -0.4 is 5.32 Å². The highest BCUT2D eigenvalue weighted by molar-refractivity contribution is 7.91. The number of hydrogen-bond donors (Lipinski definition) is 1. The third kappa shape index (κ3) is 4.92. The highest BCUT2D eigenvalue weighted by Crippen LogP contribution is 2.18. The number of hydrogen-bond acceptors (Lipinski definition) is 5. The summed E-state index contributed by atoms with van der Waals surface area (Å²) in [4.78, 5) is 2.41. The SMILES string of the molecule is C[C@@H](CS(=O)(=O)c1ccccc1)NC[C@H](c1ccco1)N(C)C. The van der Waals surface area contributed by atoms with Crippen LogP contribution in [0.4, 0.5) is 0 Å². The van der Waals surface area contributed by atoms with E-state index in [9.17, 15) is 8.42 Å². The lowest BCUT2D eigenvalue weighted by atomic mass is 10.2. The molecule has 0 radical (unpaired) electrons.